The fourth-order valence-electron chi connectivity index (χ4n) is 2.73. The molecule has 3 rings (SSSR count). The van der Waals surface area contributed by atoms with E-state index in [2.05, 4.69) is 52.5 Å². The molecule has 0 aliphatic heterocycles. The van der Waals surface area contributed by atoms with E-state index in [1.807, 2.05) is 7.05 Å². The van der Waals surface area contributed by atoms with E-state index in [4.69, 9.17) is 0 Å². The summed E-state index contributed by atoms with van der Waals surface area (Å²) in [6.45, 7) is 5.59. The van der Waals surface area contributed by atoms with Crippen LogP contribution in [0.3, 0.4) is 0 Å². The van der Waals surface area contributed by atoms with E-state index in [1.54, 1.807) is 0 Å². The molecule has 0 saturated carbocycles. The molecule has 3 aromatic rings. The standard InChI is InChI=1S/C20H21FN4OS/c1-13-4-5-15(14(2)10-13)11-25(3)12-18-23-24-20(27-18)19(26)22-17-8-6-16(21)7-9-17/h4-10H,11-12H2,1-3H3,(H,22,26). The Morgan fingerprint density at radius 1 is 1.11 bits per heavy atom. The smallest absolute Gasteiger partial charge is 0.286 e. The van der Waals surface area contributed by atoms with Gasteiger partial charge in [0.05, 0.1) is 6.54 Å². The molecule has 0 atom stereocenters. The maximum absolute atomic E-state index is 12.9. The van der Waals surface area contributed by atoms with E-state index in [1.165, 1.54) is 52.3 Å². The van der Waals surface area contributed by atoms with Gasteiger partial charge in [0.2, 0.25) is 5.01 Å². The first-order chi connectivity index (χ1) is 12.9. The molecular weight excluding hydrogens is 363 g/mol. The van der Waals surface area contributed by atoms with Crippen molar-refractivity contribution in [1.82, 2.24) is 15.1 Å². The first-order valence-electron chi connectivity index (χ1n) is 8.54. The molecule has 0 saturated heterocycles. The van der Waals surface area contributed by atoms with E-state index in [-0.39, 0.29) is 16.7 Å². The van der Waals surface area contributed by atoms with Crippen LogP contribution in [-0.4, -0.2) is 28.1 Å². The molecule has 1 aromatic heterocycles. The fourth-order valence-corrected chi connectivity index (χ4v) is 3.54. The van der Waals surface area contributed by atoms with Crippen molar-refractivity contribution in [3.05, 3.63) is 75.0 Å². The summed E-state index contributed by atoms with van der Waals surface area (Å²) in [6.07, 6.45) is 0. The number of carbonyl (C=O) groups excluding carboxylic acids is 1. The molecule has 2 aromatic carbocycles. The SMILES string of the molecule is Cc1ccc(CN(C)Cc2nnc(C(=O)Nc3ccc(F)cc3)s2)c(C)c1. The number of benzene rings is 2. The Labute approximate surface area is 161 Å². The molecule has 0 aliphatic carbocycles. The van der Waals surface area contributed by atoms with Gasteiger partial charge in [-0.25, -0.2) is 4.39 Å². The molecule has 0 bridgehead atoms. The van der Waals surface area contributed by atoms with Crippen LogP contribution in [0.15, 0.2) is 42.5 Å². The Morgan fingerprint density at radius 2 is 1.85 bits per heavy atom. The second-order valence-corrected chi connectivity index (χ2v) is 7.63. The lowest BCUT2D eigenvalue weighted by Gasteiger charge is -2.16. The molecule has 0 aliphatic rings. The number of nitrogens with one attached hydrogen (secondary N) is 1. The summed E-state index contributed by atoms with van der Waals surface area (Å²) in [4.78, 5) is 14.4. The Balaban J connectivity index is 1.59. The molecule has 0 fully saturated rings. The third kappa shape index (κ3) is 5.18. The molecular formula is C20H21FN4OS. The summed E-state index contributed by atoms with van der Waals surface area (Å²) in [5.41, 5.74) is 4.30. The fraction of sp³-hybridized carbons (Fsp3) is 0.250. The highest BCUT2D eigenvalue weighted by molar-refractivity contribution is 7.13. The van der Waals surface area contributed by atoms with Crippen molar-refractivity contribution in [2.24, 2.45) is 0 Å². The highest BCUT2D eigenvalue weighted by Gasteiger charge is 2.14. The highest BCUT2D eigenvalue weighted by Crippen LogP contribution is 2.17. The maximum Gasteiger partial charge on any atom is 0.286 e. The van der Waals surface area contributed by atoms with Crippen LogP contribution in [0.4, 0.5) is 10.1 Å². The number of rotatable bonds is 6. The molecule has 7 heteroatoms. The van der Waals surface area contributed by atoms with Gasteiger partial charge >= 0.3 is 0 Å². The van der Waals surface area contributed by atoms with E-state index in [9.17, 15) is 9.18 Å². The lowest BCUT2D eigenvalue weighted by Crippen LogP contribution is -2.17. The Hall–Kier alpha value is -2.64. The average Bonchev–Trinajstić information content (AvgIpc) is 3.08. The van der Waals surface area contributed by atoms with Crippen molar-refractivity contribution in [3.63, 3.8) is 0 Å². The number of aryl methyl sites for hydroxylation is 2. The zero-order valence-electron chi connectivity index (χ0n) is 15.5. The van der Waals surface area contributed by atoms with Crippen LogP contribution in [0.25, 0.3) is 0 Å². The topological polar surface area (TPSA) is 58.1 Å². The highest BCUT2D eigenvalue weighted by atomic mass is 32.1. The second-order valence-electron chi connectivity index (χ2n) is 6.56. The number of carbonyl (C=O) groups is 1. The molecule has 0 spiro atoms. The molecule has 1 amide bonds. The van der Waals surface area contributed by atoms with Gasteiger partial charge in [-0.15, -0.1) is 10.2 Å². The zero-order chi connectivity index (χ0) is 19.4. The number of amides is 1. The molecule has 140 valence electrons. The number of nitrogens with zero attached hydrogens (tertiary/aromatic N) is 3. The lowest BCUT2D eigenvalue weighted by atomic mass is 10.1. The molecule has 0 radical (unpaired) electrons. The van der Waals surface area contributed by atoms with Crippen molar-refractivity contribution in [3.8, 4) is 0 Å². The molecule has 5 nitrogen and oxygen atoms in total. The van der Waals surface area contributed by atoms with E-state index >= 15 is 0 Å². The normalized spacial score (nSPS) is 11.0. The van der Waals surface area contributed by atoms with Crippen LogP contribution < -0.4 is 5.32 Å². The van der Waals surface area contributed by atoms with Gasteiger partial charge in [0.25, 0.3) is 5.91 Å². The predicted molar refractivity (Wildman–Crippen MR) is 105 cm³/mol. The maximum atomic E-state index is 12.9. The molecule has 1 heterocycles. The summed E-state index contributed by atoms with van der Waals surface area (Å²) in [7, 11) is 2.01. The van der Waals surface area contributed by atoms with Crippen molar-refractivity contribution < 1.29 is 9.18 Å². The van der Waals surface area contributed by atoms with Crippen molar-refractivity contribution in [1.29, 1.82) is 0 Å². The van der Waals surface area contributed by atoms with Gasteiger partial charge in [-0.05, 0) is 56.3 Å². The van der Waals surface area contributed by atoms with Crippen molar-refractivity contribution in [2.45, 2.75) is 26.9 Å². The van der Waals surface area contributed by atoms with Gasteiger partial charge in [0.1, 0.15) is 10.8 Å². The van der Waals surface area contributed by atoms with E-state index < -0.39 is 0 Å². The largest absolute Gasteiger partial charge is 0.320 e. The minimum atomic E-state index is -0.349. The monoisotopic (exact) mass is 384 g/mol. The summed E-state index contributed by atoms with van der Waals surface area (Å²) in [5.74, 6) is -0.694. The van der Waals surface area contributed by atoms with Gasteiger partial charge in [-0.3, -0.25) is 9.69 Å². The van der Waals surface area contributed by atoms with Crippen LogP contribution in [0, 0.1) is 19.7 Å². The van der Waals surface area contributed by atoms with Gasteiger partial charge in [0.15, 0.2) is 0 Å². The molecule has 27 heavy (non-hydrogen) atoms. The first kappa shape index (κ1) is 19.1. The number of halogens is 1. The number of anilines is 1. The third-order valence-electron chi connectivity index (χ3n) is 4.11. The van der Waals surface area contributed by atoms with Gasteiger partial charge in [-0.2, -0.15) is 0 Å². The number of hydrogen-bond acceptors (Lipinski definition) is 5. The van der Waals surface area contributed by atoms with Gasteiger partial charge in [-0.1, -0.05) is 35.1 Å². The summed E-state index contributed by atoms with van der Waals surface area (Å²) in [5, 5.41) is 11.8. The van der Waals surface area contributed by atoms with E-state index in [0.29, 0.717) is 12.2 Å². The first-order valence-corrected chi connectivity index (χ1v) is 9.36. The van der Waals surface area contributed by atoms with Crippen molar-refractivity contribution >= 4 is 22.9 Å². The van der Waals surface area contributed by atoms with Crippen LogP contribution in [0.5, 0.6) is 0 Å². The number of aromatic nitrogens is 2. The van der Waals surface area contributed by atoms with Crippen LogP contribution in [0.1, 0.15) is 31.5 Å². The van der Waals surface area contributed by atoms with Crippen LogP contribution >= 0.6 is 11.3 Å². The van der Waals surface area contributed by atoms with E-state index in [0.717, 1.165) is 11.6 Å². The minimum absolute atomic E-state index is 0.286. The minimum Gasteiger partial charge on any atom is -0.320 e. The molecule has 1 N–H and O–H groups in total. The van der Waals surface area contributed by atoms with Crippen LogP contribution in [-0.2, 0) is 13.1 Å². The van der Waals surface area contributed by atoms with Crippen LogP contribution in [0.2, 0.25) is 0 Å². The Morgan fingerprint density at radius 3 is 2.56 bits per heavy atom. The summed E-state index contributed by atoms with van der Waals surface area (Å²) >= 11 is 1.26. The Kier molecular flexibility index (Phi) is 5.93. The second kappa shape index (κ2) is 8.37. The number of hydrogen-bond donors (Lipinski definition) is 1. The average molecular weight is 384 g/mol. The van der Waals surface area contributed by atoms with Gasteiger partial charge in [0, 0.05) is 12.2 Å². The molecule has 0 unspecified atom stereocenters. The van der Waals surface area contributed by atoms with Crippen molar-refractivity contribution in [2.75, 3.05) is 12.4 Å². The summed E-state index contributed by atoms with van der Waals surface area (Å²) in [6, 6.07) is 12.0. The lowest BCUT2D eigenvalue weighted by molar-refractivity contribution is 0.102. The summed E-state index contributed by atoms with van der Waals surface area (Å²) < 4.78 is 12.9. The quantitative estimate of drug-likeness (QED) is 0.693. The predicted octanol–water partition coefficient (Wildman–Crippen LogP) is 4.18. The third-order valence-corrected chi connectivity index (χ3v) is 5.01. The Bertz CT molecular complexity index is 939. The zero-order valence-corrected chi connectivity index (χ0v) is 16.3. The van der Waals surface area contributed by atoms with Gasteiger partial charge < -0.3 is 5.32 Å².